The van der Waals surface area contributed by atoms with Crippen LogP contribution in [0.4, 0.5) is 5.82 Å². The SMILES string of the molecule is CCSc1ccc(CC(=O)Nc2ccc3c(n2)CCC(C)(c2ccc(Cl)nn2)C3=O)cc1. The molecule has 6 nitrogen and oxygen atoms in total. The molecule has 1 atom stereocenters. The molecule has 2 heterocycles. The van der Waals surface area contributed by atoms with E-state index >= 15 is 0 Å². The van der Waals surface area contributed by atoms with Crippen molar-refractivity contribution in [2.45, 2.75) is 43.4 Å². The summed E-state index contributed by atoms with van der Waals surface area (Å²) >= 11 is 7.61. The number of Topliss-reactive ketones (excluding diaryl/α,β-unsaturated/α-hetero) is 1. The summed E-state index contributed by atoms with van der Waals surface area (Å²) in [6.45, 7) is 3.98. The maximum Gasteiger partial charge on any atom is 0.229 e. The topological polar surface area (TPSA) is 84.8 Å². The zero-order valence-corrected chi connectivity index (χ0v) is 19.5. The minimum Gasteiger partial charge on any atom is -0.310 e. The van der Waals surface area contributed by atoms with Gasteiger partial charge in [0.1, 0.15) is 5.82 Å². The maximum atomic E-state index is 13.2. The number of anilines is 1. The van der Waals surface area contributed by atoms with Gasteiger partial charge in [-0.2, -0.15) is 5.10 Å². The highest BCUT2D eigenvalue weighted by molar-refractivity contribution is 7.99. The third-order valence-corrected chi connectivity index (χ3v) is 6.74. The van der Waals surface area contributed by atoms with Gasteiger partial charge in [-0.1, -0.05) is 30.7 Å². The summed E-state index contributed by atoms with van der Waals surface area (Å²) in [6.07, 6.45) is 1.42. The Kier molecular flexibility index (Phi) is 6.58. The molecule has 0 saturated carbocycles. The number of nitrogens with one attached hydrogen (secondary N) is 1. The van der Waals surface area contributed by atoms with Crippen LogP contribution < -0.4 is 5.32 Å². The molecule has 0 spiro atoms. The summed E-state index contributed by atoms with van der Waals surface area (Å²) < 4.78 is 0. The Morgan fingerprint density at radius 3 is 2.59 bits per heavy atom. The Morgan fingerprint density at radius 1 is 1.12 bits per heavy atom. The number of benzene rings is 1. The number of amides is 1. The molecular weight excluding hydrogens is 444 g/mol. The molecule has 4 rings (SSSR count). The molecule has 3 aromatic rings. The number of carbonyl (C=O) groups excluding carboxylic acids is 2. The lowest BCUT2D eigenvalue weighted by Gasteiger charge is -2.32. The fraction of sp³-hybridized carbons (Fsp3) is 0.292. The number of thioether (sulfide) groups is 1. The Morgan fingerprint density at radius 2 is 1.91 bits per heavy atom. The van der Waals surface area contributed by atoms with Crippen LogP contribution in [0.25, 0.3) is 0 Å². The van der Waals surface area contributed by atoms with Crippen molar-refractivity contribution in [1.82, 2.24) is 15.2 Å². The van der Waals surface area contributed by atoms with Gasteiger partial charge in [-0.15, -0.1) is 16.9 Å². The van der Waals surface area contributed by atoms with Crippen molar-refractivity contribution >= 4 is 40.9 Å². The first-order valence-corrected chi connectivity index (χ1v) is 11.8. The summed E-state index contributed by atoms with van der Waals surface area (Å²) in [5, 5.41) is 11.2. The minimum atomic E-state index is -0.779. The fourth-order valence-corrected chi connectivity index (χ4v) is 4.61. The standard InChI is InChI=1S/C24H23ClN4O2S/c1-3-32-16-6-4-15(5-7-16)14-22(30)27-21-11-8-17-18(26-21)12-13-24(2,23(17)31)19-9-10-20(25)29-28-19/h4-11H,3,12-14H2,1-2H3,(H,26,27,30). The molecule has 0 bridgehead atoms. The minimum absolute atomic E-state index is 0.0502. The number of pyridine rings is 1. The number of carbonyl (C=O) groups is 2. The van der Waals surface area contributed by atoms with Crippen LogP contribution in [0, 0.1) is 0 Å². The summed E-state index contributed by atoms with van der Waals surface area (Å²) in [4.78, 5) is 31.5. The van der Waals surface area contributed by atoms with E-state index in [1.54, 1.807) is 36.0 Å². The lowest BCUT2D eigenvalue weighted by Crippen LogP contribution is -2.38. The summed E-state index contributed by atoms with van der Waals surface area (Å²) in [5.74, 6) is 1.27. The number of rotatable bonds is 6. The lowest BCUT2D eigenvalue weighted by molar-refractivity contribution is -0.115. The maximum absolute atomic E-state index is 13.2. The number of nitrogens with zero attached hydrogens (tertiary/aromatic N) is 3. The number of halogens is 1. The number of aromatic nitrogens is 3. The predicted molar refractivity (Wildman–Crippen MR) is 126 cm³/mol. The highest BCUT2D eigenvalue weighted by atomic mass is 35.5. The Hall–Kier alpha value is -2.77. The van der Waals surface area contributed by atoms with E-state index in [9.17, 15) is 9.59 Å². The zero-order chi connectivity index (χ0) is 22.7. The van der Waals surface area contributed by atoms with Gasteiger partial charge in [0.15, 0.2) is 10.9 Å². The second-order valence-electron chi connectivity index (χ2n) is 7.90. The Balaban J connectivity index is 1.46. The van der Waals surface area contributed by atoms with Crippen molar-refractivity contribution in [3.63, 3.8) is 0 Å². The van der Waals surface area contributed by atoms with Crippen molar-refractivity contribution in [2.24, 2.45) is 0 Å². The summed E-state index contributed by atoms with van der Waals surface area (Å²) in [7, 11) is 0. The van der Waals surface area contributed by atoms with E-state index in [2.05, 4.69) is 27.4 Å². The molecule has 1 aromatic carbocycles. The summed E-state index contributed by atoms with van der Waals surface area (Å²) in [5.41, 5.74) is 2.00. The van der Waals surface area contributed by atoms with Crippen LogP contribution in [0.2, 0.25) is 5.15 Å². The van der Waals surface area contributed by atoms with Crippen molar-refractivity contribution < 1.29 is 9.59 Å². The second kappa shape index (κ2) is 9.38. The lowest BCUT2D eigenvalue weighted by atomic mass is 9.71. The zero-order valence-electron chi connectivity index (χ0n) is 17.9. The van der Waals surface area contributed by atoms with Gasteiger partial charge in [0.25, 0.3) is 0 Å². The molecule has 0 radical (unpaired) electrons. The van der Waals surface area contributed by atoms with E-state index in [-0.39, 0.29) is 18.1 Å². The molecule has 8 heteroatoms. The monoisotopic (exact) mass is 466 g/mol. The average Bonchev–Trinajstić information content (AvgIpc) is 2.78. The van der Waals surface area contributed by atoms with Crippen LogP contribution in [0.1, 0.15) is 47.6 Å². The quantitative estimate of drug-likeness (QED) is 0.520. The van der Waals surface area contributed by atoms with E-state index in [4.69, 9.17) is 11.6 Å². The highest BCUT2D eigenvalue weighted by Crippen LogP contribution is 2.37. The third-order valence-electron chi connectivity index (χ3n) is 5.65. The molecule has 32 heavy (non-hydrogen) atoms. The Labute approximate surface area is 196 Å². The van der Waals surface area contributed by atoms with Gasteiger partial charge in [0.05, 0.1) is 23.2 Å². The highest BCUT2D eigenvalue weighted by Gasteiger charge is 2.42. The van der Waals surface area contributed by atoms with E-state index < -0.39 is 5.41 Å². The Bertz CT molecular complexity index is 1150. The first-order valence-electron chi connectivity index (χ1n) is 10.4. The normalized spacial score (nSPS) is 17.7. The van der Waals surface area contributed by atoms with Crippen molar-refractivity contribution in [3.8, 4) is 0 Å². The van der Waals surface area contributed by atoms with Crippen LogP contribution >= 0.6 is 23.4 Å². The number of hydrogen-bond acceptors (Lipinski definition) is 6. The molecule has 1 N–H and O–H groups in total. The van der Waals surface area contributed by atoms with Gasteiger partial charge < -0.3 is 5.32 Å². The second-order valence-corrected chi connectivity index (χ2v) is 9.62. The first-order chi connectivity index (χ1) is 15.4. The van der Waals surface area contributed by atoms with Gasteiger partial charge in [-0.3, -0.25) is 9.59 Å². The average molecular weight is 467 g/mol. The largest absolute Gasteiger partial charge is 0.310 e. The third kappa shape index (κ3) is 4.69. The van der Waals surface area contributed by atoms with Crippen LogP contribution in [0.15, 0.2) is 53.4 Å². The van der Waals surface area contributed by atoms with E-state index in [1.165, 1.54) is 4.90 Å². The molecule has 2 aromatic heterocycles. The van der Waals surface area contributed by atoms with Gasteiger partial charge >= 0.3 is 0 Å². The van der Waals surface area contributed by atoms with Crippen molar-refractivity contribution in [3.05, 3.63) is 76.2 Å². The molecule has 0 aliphatic heterocycles. The van der Waals surface area contributed by atoms with Crippen LogP contribution in [0.3, 0.4) is 0 Å². The van der Waals surface area contributed by atoms with Crippen LogP contribution in [-0.4, -0.2) is 32.6 Å². The van der Waals surface area contributed by atoms with Crippen LogP contribution in [0.5, 0.6) is 0 Å². The molecule has 1 unspecified atom stereocenters. The number of hydrogen-bond donors (Lipinski definition) is 1. The first kappa shape index (κ1) is 22.4. The smallest absolute Gasteiger partial charge is 0.229 e. The fourth-order valence-electron chi connectivity index (χ4n) is 3.84. The molecule has 164 valence electrons. The molecule has 1 aliphatic carbocycles. The van der Waals surface area contributed by atoms with E-state index in [0.29, 0.717) is 40.8 Å². The van der Waals surface area contributed by atoms with Crippen molar-refractivity contribution in [1.29, 1.82) is 0 Å². The van der Waals surface area contributed by atoms with Crippen LogP contribution in [-0.2, 0) is 23.1 Å². The number of ketones is 1. The molecule has 1 amide bonds. The number of aryl methyl sites for hydroxylation is 1. The molecular formula is C24H23ClN4O2S. The van der Waals surface area contributed by atoms with E-state index in [0.717, 1.165) is 11.3 Å². The molecule has 0 saturated heterocycles. The molecule has 0 fully saturated rings. The van der Waals surface area contributed by atoms with Gasteiger partial charge in [-0.05, 0) is 67.5 Å². The van der Waals surface area contributed by atoms with Crippen molar-refractivity contribution in [2.75, 3.05) is 11.1 Å². The number of fused-ring (bicyclic) bond motifs is 1. The van der Waals surface area contributed by atoms with E-state index in [1.807, 2.05) is 31.2 Å². The molecule has 1 aliphatic rings. The summed E-state index contributed by atoms with van der Waals surface area (Å²) in [6, 6.07) is 14.8. The van der Waals surface area contributed by atoms with Gasteiger partial charge in [0.2, 0.25) is 5.91 Å². The van der Waals surface area contributed by atoms with Gasteiger partial charge in [-0.25, -0.2) is 4.98 Å². The van der Waals surface area contributed by atoms with Gasteiger partial charge in [0, 0.05) is 10.5 Å². The predicted octanol–water partition coefficient (Wildman–Crippen LogP) is 4.91.